The molecule has 116 valence electrons. The lowest BCUT2D eigenvalue weighted by Crippen LogP contribution is -2.44. The second-order valence-electron chi connectivity index (χ2n) is 5.92. The number of nitrogen functional groups attached to an aromatic ring is 1. The third kappa shape index (κ3) is 3.60. The summed E-state index contributed by atoms with van der Waals surface area (Å²) in [6.07, 6.45) is 3.16. The quantitative estimate of drug-likeness (QED) is 0.862. The summed E-state index contributed by atoms with van der Waals surface area (Å²) in [5.74, 6) is 0.852. The summed E-state index contributed by atoms with van der Waals surface area (Å²) >= 11 is 0. The Morgan fingerprint density at radius 1 is 1.19 bits per heavy atom. The van der Waals surface area contributed by atoms with Crippen LogP contribution in [0.5, 0.6) is 5.75 Å². The zero-order valence-corrected chi connectivity index (χ0v) is 12.8. The Bertz CT molecular complexity index is 467. The SMILES string of the molecule is CN1CCN(c2cc(OC3CCCCO3)ccc2N)CC1. The minimum absolute atomic E-state index is 0.109. The number of benzene rings is 1. The van der Waals surface area contributed by atoms with Crippen LogP contribution >= 0.6 is 0 Å². The highest BCUT2D eigenvalue weighted by Gasteiger charge is 2.19. The van der Waals surface area contributed by atoms with Crippen molar-refractivity contribution in [3.63, 3.8) is 0 Å². The van der Waals surface area contributed by atoms with Crippen LogP contribution in [-0.4, -0.2) is 51.0 Å². The van der Waals surface area contributed by atoms with Crippen molar-refractivity contribution in [1.29, 1.82) is 0 Å². The first-order valence-electron chi connectivity index (χ1n) is 7.83. The van der Waals surface area contributed by atoms with E-state index in [2.05, 4.69) is 22.9 Å². The molecule has 1 aromatic carbocycles. The van der Waals surface area contributed by atoms with E-state index in [1.807, 2.05) is 12.1 Å². The number of rotatable bonds is 3. The first kappa shape index (κ1) is 14.5. The fourth-order valence-corrected chi connectivity index (χ4v) is 2.87. The molecule has 5 heteroatoms. The third-order valence-electron chi connectivity index (χ3n) is 4.25. The van der Waals surface area contributed by atoms with Gasteiger partial charge in [0.15, 0.2) is 6.29 Å². The molecule has 1 atom stereocenters. The van der Waals surface area contributed by atoms with E-state index < -0.39 is 0 Å². The molecular weight excluding hydrogens is 266 g/mol. The third-order valence-corrected chi connectivity index (χ3v) is 4.25. The summed E-state index contributed by atoms with van der Waals surface area (Å²) in [5, 5.41) is 0. The predicted molar refractivity (Wildman–Crippen MR) is 84.8 cm³/mol. The van der Waals surface area contributed by atoms with Crippen LogP contribution in [0, 0.1) is 0 Å². The molecule has 2 N–H and O–H groups in total. The van der Waals surface area contributed by atoms with Gasteiger partial charge >= 0.3 is 0 Å². The maximum absolute atomic E-state index is 6.15. The van der Waals surface area contributed by atoms with Gasteiger partial charge in [-0.25, -0.2) is 0 Å². The van der Waals surface area contributed by atoms with Crippen LogP contribution in [0.4, 0.5) is 11.4 Å². The van der Waals surface area contributed by atoms with E-state index in [1.165, 1.54) is 6.42 Å². The van der Waals surface area contributed by atoms with Gasteiger partial charge in [-0.1, -0.05) is 0 Å². The van der Waals surface area contributed by atoms with Crippen LogP contribution in [0.15, 0.2) is 18.2 Å². The molecule has 0 aromatic heterocycles. The lowest BCUT2D eigenvalue weighted by atomic mass is 10.2. The van der Waals surface area contributed by atoms with Crippen LogP contribution in [-0.2, 0) is 4.74 Å². The fourth-order valence-electron chi connectivity index (χ4n) is 2.87. The van der Waals surface area contributed by atoms with Gasteiger partial charge in [-0.3, -0.25) is 0 Å². The van der Waals surface area contributed by atoms with E-state index in [4.69, 9.17) is 15.2 Å². The molecule has 0 spiro atoms. The van der Waals surface area contributed by atoms with Gasteiger partial charge in [-0.15, -0.1) is 0 Å². The van der Waals surface area contributed by atoms with Gasteiger partial charge in [-0.2, -0.15) is 0 Å². The van der Waals surface area contributed by atoms with Crippen molar-refractivity contribution in [2.45, 2.75) is 25.6 Å². The number of hydrogen-bond donors (Lipinski definition) is 1. The minimum Gasteiger partial charge on any atom is -0.465 e. The van der Waals surface area contributed by atoms with Gasteiger partial charge in [0.05, 0.1) is 18.0 Å². The molecule has 2 fully saturated rings. The largest absolute Gasteiger partial charge is 0.465 e. The summed E-state index contributed by atoms with van der Waals surface area (Å²) in [5.41, 5.74) is 8.04. The van der Waals surface area contributed by atoms with Crippen molar-refractivity contribution in [3.8, 4) is 5.75 Å². The van der Waals surface area contributed by atoms with Crippen molar-refractivity contribution >= 4 is 11.4 Å². The van der Waals surface area contributed by atoms with E-state index in [9.17, 15) is 0 Å². The molecule has 1 aromatic rings. The standard InChI is InChI=1S/C16H25N3O2/c1-18-7-9-19(10-8-18)15-12-13(5-6-14(15)17)21-16-4-2-3-11-20-16/h5-6,12,16H,2-4,7-11,17H2,1H3. The molecule has 0 amide bonds. The van der Waals surface area contributed by atoms with Crippen molar-refractivity contribution in [2.24, 2.45) is 0 Å². The fraction of sp³-hybridized carbons (Fsp3) is 0.625. The first-order valence-corrected chi connectivity index (χ1v) is 7.83. The summed E-state index contributed by atoms with van der Waals surface area (Å²) in [7, 11) is 2.15. The van der Waals surface area contributed by atoms with Gasteiger partial charge in [0.1, 0.15) is 5.75 Å². The second-order valence-corrected chi connectivity index (χ2v) is 5.92. The molecule has 0 saturated carbocycles. The molecule has 2 heterocycles. The lowest BCUT2D eigenvalue weighted by molar-refractivity contribution is -0.105. The monoisotopic (exact) mass is 291 g/mol. The van der Waals surface area contributed by atoms with Gasteiger partial charge in [0.25, 0.3) is 0 Å². The topological polar surface area (TPSA) is 51.0 Å². The normalized spacial score (nSPS) is 24.0. The molecule has 0 aliphatic carbocycles. The zero-order chi connectivity index (χ0) is 14.7. The van der Waals surface area contributed by atoms with Crippen molar-refractivity contribution in [1.82, 2.24) is 4.90 Å². The molecular formula is C16H25N3O2. The first-order chi connectivity index (χ1) is 10.2. The molecule has 2 aliphatic heterocycles. The molecule has 2 saturated heterocycles. The summed E-state index contributed by atoms with van der Waals surface area (Å²) < 4.78 is 11.6. The highest BCUT2D eigenvalue weighted by Crippen LogP contribution is 2.30. The van der Waals surface area contributed by atoms with Crippen LogP contribution in [0.25, 0.3) is 0 Å². The van der Waals surface area contributed by atoms with Gasteiger partial charge < -0.3 is 25.0 Å². The number of hydrogen-bond acceptors (Lipinski definition) is 5. The van der Waals surface area contributed by atoms with E-state index >= 15 is 0 Å². The summed E-state index contributed by atoms with van der Waals surface area (Å²) in [6.45, 7) is 4.94. The Kier molecular flexibility index (Phi) is 4.51. The van der Waals surface area contributed by atoms with E-state index in [-0.39, 0.29) is 6.29 Å². The molecule has 2 aliphatic rings. The van der Waals surface area contributed by atoms with Crippen LogP contribution < -0.4 is 15.4 Å². The summed E-state index contributed by atoms with van der Waals surface area (Å²) in [6, 6.07) is 5.93. The lowest BCUT2D eigenvalue weighted by Gasteiger charge is -2.35. The number of likely N-dealkylation sites (N-methyl/N-ethyl adjacent to an activating group) is 1. The number of anilines is 2. The number of nitrogens with zero attached hydrogens (tertiary/aromatic N) is 2. The second kappa shape index (κ2) is 6.54. The molecule has 0 bridgehead atoms. The number of nitrogens with two attached hydrogens (primary N) is 1. The Morgan fingerprint density at radius 2 is 2.00 bits per heavy atom. The average Bonchev–Trinajstić information content (AvgIpc) is 2.51. The molecule has 21 heavy (non-hydrogen) atoms. The Balaban J connectivity index is 1.70. The van der Waals surface area contributed by atoms with Crippen molar-refractivity contribution in [2.75, 3.05) is 50.5 Å². The Hall–Kier alpha value is -1.46. The maximum atomic E-state index is 6.15. The van der Waals surface area contributed by atoms with Crippen molar-refractivity contribution < 1.29 is 9.47 Å². The number of piperazine rings is 1. The Labute approximate surface area is 126 Å². The van der Waals surface area contributed by atoms with Gasteiger partial charge in [-0.05, 0) is 32.0 Å². The average molecular weight is 291 g/mol. The van der Waals surface area contributed by atoms with Crippen molar-refractivity contribution in [3.05, 3.63) is 18.2 Å². The van der Waals surface area contributed by atoms with E-state index in [0.29, 0.717) is 0 Å². The zero-order valence-electron chi connectivity index (χ0n) is 12.8. The Morgan fingerprint density at radius 3 is 2.71 bits per heavy atom. The van der Waals surface area contributed by atoms with Crippen LogP contribution in [0.2, 0.25) is 0 Å². The highest BCUT2D eigenvalue weighted by molar-refractivity contribution is 5.69. The minimum atomic E-state index is -0.109. The van der Waals surface area contributed by atoms with Gasteiger partial charge in [0, 0.05) is 38.7 Å². The maximum Gasteiger partial charge on any atom is 0.199 e. The predicted octanol–water partition coefficient (Wildman–Crippen LogP) is 1.93. The molecule has 3 rings (SSSR count). The highest BCUT2D eigenvalue weighted by atomic mass is 16.7. The van der Waals surface area contributed by atoms with Crippen LogP contribution in [0.1, 0.15) is 19.3 Å². The molecule has 1 unspecified atom stereocenters. The van der Waals surface area contributed by atoms with E-state index in [1.54, 1.807) is 0 Å². The van der Waals surface area contributed by atoms with Gasteiger partial charge in [0.2, 0.25) is 0 Å². The summed E-state index contributed by atoms with van der Waals surface area (Å²) in [4.78, 5) is 4.67. The van der Waals surface area contributed by atoms with E-state index in [0.717, 1.165) is 62.8 Å². The molecule has 0 radical (unpaired) electrons. The smallest absolute Gasteiger partial charge is 0.199 e. The van der Waals surface area contributed by atoms with Crippen LogP contribution in [0.3, 0.4) is 0 Å². The number of ether oxygens (including phenoxy) is 2. The molecule has 5 nitrogen and oxygen atoms in total.